The number of methoxy groups -OCH3 is 1. The van der Waals surface area contributed by atoms with Gasteiger partial charge in [-0.05, 0) is 61.3 Å². The maximum Gasteiger partial charge on any atom is 0.118 e. The van der Waals surface area contributed by atoms with Crippen LogP contribution in [0.4, 0.5) is 5.69 Å². The van der Waals surface area contributed by atoms with E-state index in [9.17, 15) is 0 Å². The molecule has 2 aromatic carbocycles. The third-order valence-electron chi connectivity index (χ3n) is 3.32. The van der Waals surface area contributed by atoms with E-state index in [2.05, 4.69) is 29.6 Å². The molecule has 0 spiro atoms. The van der Waals surface area contributed by atoms with E-state index in [1.165, 1.54) is 11.1 Å². The number of nitrogen functional groups attached to an aromatic ring is 1. The molecule has 20 heavy (non-hydrogen) atoms. The molecule has 0 aliphatic heterocycles. The Labute approximate surface area is 120 Å². The number of benzene rings is 2. The summed E-state index contributed by atoms with van der Waals surface area (Å²) < 4.78 is 5.15. The van der Waals surface area contributed by atoms with Crippen LogP contribution in [0.1, 0.15) is 11.1 Å². The number of nitrogens with one attached hydrogen (secondary N) is 1. The van der Waals surface area contributed by atoms with Crippen LogP contribution in [-0.4, -0.2) is 20.2 Å². The van der Waals surface area contributed by atoms with Crippen LogP contribution in [0.15, 0.2) is 48.5 Å². The Morgan fingerprint density at radius 3 is 1.85 bits per heavy atom. The number of ether oxygens (including phenoxy) is 1. The second kappa shape index (κ2) is 7.56. The fourth-order valence-electron chi connectivity index (χ4n) is 2.07. The minimum Gasteiger partial charge on any atom is -0.497 e. The summed E-state index contributed by atoms with van der Waals surface area (Å²) in [5.41, 5.74) is 9.12. The molecular weight excluding hydrogens is 248 g/mol. The van der Waals surface area contributed by atoms with Gasteiger partial charge in [0.05, 0.1) is 7.11 Å². The molecule has 0 fully saturated rings. The minimum atomic E-state index is 0.821. The van der Waals surface area contributed by atoms with Crippen molar-refractivity contribution < 1.29 is 4.74 Å². The van der Waals surface area contributed by atoms with Crippen molar-refractivity contribution in [2.24, 2.45) is 0 Å². The molecule has 2 aromatic rings. The predicted octanol–water partition coefficient (Wildman–Crippen LogP) is 2.65. The van der Waals surface area contributed by atoms with E-state index in [4.69, 9.17) is 10.5 Å². The molecule has 0 atom stereocenters. The summed E-state index contributed by atoms with van der Waals surface area (Å²) >= 11 is 0. The van der Waals surface area contributed by atoms with Gasteiger partial charge in [-0.15, -0.1) is 0 Å². The molecule has 0 radical (unpaired) electrons. The minimum absolute atomic E-state index is 0.821. The Hall–Kier alpha value is -2.00. The van der Waals surface area contributed by atoms with Gasteiger partial charge in [-0.3, -0.25) is 0 Å². The molecule has 2 rings (SSSR count). The van der Waals surface area contributed by atoms with Crippen molar-refractivity contribution in [2.45, 2.75) is 12.8 Å². The first-order chi connectivity index (χ1) is 9.78. The summed E-state index contributed by atoms with van der Waals surface area (Å²) in [5.74, 6) is 0.907. The number of rotatable bonds is 7. The second-order valence-corrected chi connectivity index (χ2v) is 4.84. The lowest BCUT2D eigenvalue weighted by Gasteiger charge is -2.06. The normalized spacial score (nSPS) is 10.4. The van der Waals surface area contributed by atoms with Crippen LogP contribution < -0.4 is 15.8 Å². The van der Waals surface area contributed by atoms with Crippen molar-refractivity contribution in [3.63, 3.8) is 0 Å². The van der Waals surface area contributed by atoms with Crippen LogP contribution in [0.2, 0.25) is 0 Å². The van der Waals surface area contributed by atoms with E-state index in [1.54, 1.807) is 7.11 Å². The van der Waals surface area contributed by atoms with E-state index in [1.807, 2.05) is 24.3 Å². The lowest BCUT2D eigenvalue weighted by atomic mass is 10.1. The van der Waals surface area contributed by atoms with Crippen molar-refractivity contribution in [1.29, 1.82) is 0 Å². The Balaban J connectivity index is 1.64. The first kappa shape index (κ1) is 14.4. The third-order valence-corrected chi connectivity index (χ3v) is 3.32. The van der Waals surface area contributed by atoms with E-state index in [0.29, 0.717) is 0 Å². The first-order valence-electron chi connectivity index (χ1n) is 6.96. The van der Waals surface area contributed by atoms with Crippen molar-refractivity contribution in [3.05, 3.63) is 59.7 Å². The summed E-state index contributed by atoms with van der Waals surface area (Å²) in [5, 5.41) is 3.46. The smallest absolute Gasteiger partial charge is 0.118 e. The summed E-state index contributed by atoms with van der Waals surface area (Å²) in [6.07, 6.45) is 2.06. The Bertz CT molecular complexity index is 506. The summed E-state index contributed by atoms with van der Waals surface area (Å²) in [6, 6.07) is 16.3. The van der Waals surface area contributed by atoms with Crippen LogP contribution in [0.3, 0.4) is 0 Å². The summed E-state index contributed by atoms with van der Waals surface area (Å²) in [4.78, 5) is 0. The summed E-state index contributed by atoms with van der Waals surface area (Å²) in [6.45, 7) is 1.97. The van der Waals surface area contributed by atoms with Crippen molar-refractivity contribution in [2.75, 3.05) is 25.9 Å². The van der Waals surface area contributed by atoms with Gasteiger partial charge in [-0.2, -0.15) is 0 Å². The van der Waals surface area contributed by atoms with Gasteiger partial charge in [0.25, 0.3) is 0 Å². The van der Waals surface area contributed by atoms with E-state index < -0.39 is 0 Å². The molecular formula is C17H22N2O. The van der Waals surface area contributed by atoms with Crippen LogP contribution in [0, 0.1) is 0 Å². The molecule has 3 heteroatoms. The Kier molecular flexibility index (Phi) is 5.44. The van der Waals surface area contributed by atoms with Crippen LogP contribution in [0.25, 0.3) is 0 Å². The third kappa shape index (κ3) is 4.59. The quantitative estimate of drug-likeness (QED) is 0.600. The lowest BCUT2D eigenvalue weighted by molar-refractivity contribution is 0.414. The fourth-order valence-corrected chi connectivity index (χ4v) is 2.07. The van der Waals surface area contributed by atoms with Crippen LogP contribution in [-0.2, 0) is 12.8 Å². The van der Waals surface area contributed by atoms with Gasteiger partial charge in [0.15, 0.2) is 0 Å². The molecule has 0 bridgehead atoms. The maximum absolute atomic E-state index is 5.66. The maximum atomic E-state index is 5.66. The molecule has 106 valence electrons. The first-order valence-corrected chi connectivity index (χ1v) is 6.96. The van der Waals surface area contributed by atoms with E-state index >= 15 is 0 Å². The standard InChI is InChI=1S/C17H22N2O/c1-20-17-8-4-15(5-9-17)11-13-19-12-10-14-2-6-16(18)7-3-14/h2-9,19H,10-13,18H2,1H3. The molecule has 3 N–H and O–H groups in total. The molecule has 0 saturated carbocycles. The van der Waals surface area contributed by atoms with Gasteiger partial charge >= 0.3 is 0 Å². The Morgan fingerprint density at radius 2 is 1.35 bits per heavy atom. The SMILES string of the molecule is COc1ccc(CCNCCc2ccc(N)cc2)cc1. The molecule has 0 amide bonds. The monoisotopic (exact) mass is 270 g/mol. The zero-order valence-electron chi connectivity index (χ0n) is 11.9. The zero-order chi connectivity index (χ0) is 14.2. The Morgan fingerprint density at radius 1 is 0.850 bits per heavy atom. The van der Waals surface area contributed by atoms with Gasteiger partial charge in [0, 0.05) is 5.69 Å². The summed E-state index contributed by atoms with van der Waals surface area (Å²) in [7, 11) is 1.69. The van der Waals surface area contributed by atoms with Gasteiger partial charge in [0.1, 0.15) is 5.75 Å². The van der Waals surface area contributed by atoms with Gasteiger partial charge < -0.3 is 15.8 Å². The molecule has 0 aliphatic carbocycles. The van der Waals surface area contributed by atoms with E-state index in [-0.39, 0.29) is 0 Å². The average Bonchev–Trinajstić information content (AvgIpc) is 2.49. The van der Waals surface area contributed by atoms with E-state index in [0.717, 1.165) is 37.4 Å². The highest BCUT2D eigenvalue weighted by Crippen LogP contribution is 2.11. The van der Waals surface area contributed by atoms with Crippen LogP contribution >= 0.6 is 0 Å². The molecule has 0 unspecified atom stereocenters. The number of anilines is 1. The number of hydrogen-bond acceptors (Lipinski definition) is 3. The van der Waals surface area contributed by atoms with Crippen molar-refractivity contribution in [3.8, 4) is 5.75 Å². The highest BCUT2D eigenvalue weighted by Gasteiger charge is 1.96. The molecule has 0 aliphatic rings. The highest BCUT2D eigenvalue weighted by atomic mass is 16.5. The van der Waals surface area contributed by atoms with Gasteiger partial charge in [0.2, 0.25) is 0 Å². The van der Waals surface area contributed by atoms with Crippen LogP contribution in [0.5, 0.6) is 5.75 Å². The van der Waals surface area contributed by atoms with Gasteiger partial charge in [-0.25, -0.2) is 0 Å². The number of nitrogens with two attached hydrogens (primary N) is 1. The second-order valence-electron chi connectivity index (χ2n) is 4.84. The predicted molar refractivity (Wildman–Crippen MR) is 84.1 cm³/mol. The average molecular weight is 270 g/mol. The lowest BCUT2D eigenvalue weighted by Crippen LogP contribution is -2.20. The van der Waals surface area contributed by atoms with Crippen molar-refractivity contribution in [1.82, 2.24) is 5.32 Å². The van der Waals surface area contributed by atoms with Crippen molar-refractivity contribution >= 4 is 5.69 Å². The molecule has 0 aromatic heterocycles. The zero-order valence-corrected chi connectivity index (χ0v) is 11.9. The largest absolute Gasteiger partial charge is 0.497 e. The fraction of sp³-hybridized carbons (Fsp3) is 0.294. The van der Waals surface area contributed by atoms with Gasteiger partial charge in [-0.1, -0.05) is 24.3 Å². The molecule has 0 saturated heterocycles. The highest BCUT2D eigenvalue weighted by molar-refractivity contribution is 5.39. The number of hydrogen-bond donors (Lipinski definition) is 2. The molecule has 0 heterocycles. The topological polar surface area (TPSA) is 47.3 Å². The molecule has 3 nitrogen and oxygen atoms in total.